The number of hydrogen-bond donors (Lipinski definition) is 1. The van der Waals surface area contributed by atoms with E-state index in [4.69, 9.17) is 10.4 Å². The third kappa shape index (κ3) is 3.75. The average molecular weight is 181 g/mol. The van der Waals surface area contributed by atoms with E-state index in [0.717, 1.165) is 0 Å². The molecular formula is C10H15NO2. The Bertz CT molecular complexity index is 259. The molecule has 0 heterocycles. The van der Waals surface area contributed by atoms with Gasteiger partial charge in [0.1, 0.15) is 0 Å². The van der Waals surface area contributed by atoms with Gasteiger partial charge in [0.05, 0.1) is 11.6 Å². The van der Waals surface area contributed by atoms with E-state index in [9.17, 15) is 4.79 Å². The molecule has 0 amide bonds. The largest absolute Gasteiger partial charge is 0.478 e. The number of carboxylic acid groups (broad SMARTS) is 1. The van der Waals surface area contributed by atoms with Crippen molar-refractivity contribution in [2.45, 2.75) is 33.6 Å². The summed E-state index contributed by atoms with van der Waals surface area (Å²) in [7, 11) is 0. The first kappa shape index (κ1) is 11.7. The number of nitriles is 1. The smallest absolute Gasteiger partial charge is 0.332 e. The van der Waals surface area contributed by atoms with E-state index in [0.29, 0.717) is 24.3 Å². The number of aliphatic carboxylic acids is 1. The van der Waals surface area contributed by atoms with Gasteiger partial charge in [0.15, 0.2) is 0 Å². The third-order valence-corrected chi connectivity index (χ3v) is 1.72. The van der Waals surface area contributed by atoms with Crippen molar-refractivity contribution in [1.29, 1.82) is 5.26 Å². The lowest BCUT2D eigenvalue weighted by molar-refractivity contribution is -0.132. The van der Waals surface area contributed by atoms with E-state index >= 15 is 0 Å². The normalized spacial score (nSPS) is 12.2. The van der Waals surface area contributed by atoms with Crippen LogP contribution in [0.1, 0.15) is 33.6 Å². The van der Waals surface area contributed by atoms with Gasteiger partial charge in [-0.05, 0) is 18.8 Å². The van der Waals surface area contributed by atoms with Gasteiger partial charge in [-0.15, -0.1) is 0 Å². The Morgan fingerprint density at radius 3 is 2.31 bits per heavy atom. The Morgan fingerprint density at radius 1 is 1.54 bits per heavy atom. The second-order valence-corrected chi connectivity index (χ2v) is 3.33. The summed E-state index contributed by atoms with van der Waals surface area (Å²) in [6.07, 6.45) is 0.955. The van der Waals surface area contributed by atoms with Gasteiger partial charge in [0.25, 0.3) is 0 Å². The van der Waals surface area contributed by atoms with E-state index in [1.54, 1.807) is 6.92 Å². The first-order valence-electron chi connectivity index (χ1n) is 4.38. The second-order valence-electron chi connectivity index (χ2n) is 3.33. The molecule has 3 nitrogen and oxygen atoms in total. The Balaban J connectivity index is 4.86. The van der Waals surface area contributed by atoms with Crippen LogP contribution in [0.4, 0.5) is 0 Å². The SMILES string of the molecule is CCC(C(=O)O)=C(C#N)CC(C)C. The zero-order valence-electron chi connectivity index (χ0n) is 8.29. The highest BCUT2D eigenvalue weighted by Crippen LogP contribution is 2.16. The molecule has 0 aliphatic rings. The number of carbonyl (C=O) groups is 1. The zero-order valence-corrected chi connectivity index (χ0v) is 8.29. The quantitative estimate of drug-likeness (QED) is 0.535. The average Bonchev–Trinajstić information content (AvgIpc) is 2.02. The Kier molecular flexibility index (Phi) is 4.83. The van der Waals surface area contributed by atoms with Crippen LogP contribution < -0.4 is 0 Å². The van der Waals surface area contributed by atoms with Crippen molar-refractivity contribution in [3.8, 4) is 6.07 Å². The maximum absolute atomic E-state index is 10.7. The van der Waals surface area contributed by atoms with Crippen molar-refractivity contribution in [3.05, 3.63) is 11.1 Å². The fourth-order valence-corrected chi connectivity index (χ4v) is 1.14. The lowest BCUT2D eigenvalue weighted by Crippen LogP contribution is -2.04. The zero-order chi connectivity index (χ0) is 10.4. The molecule has 0 rings (SSSR count). The van der Waals surface area contributed by atoms with Gasteiger partial charge < -0.3 is 5.11 Å². The molecule has 3 heteroatoms. The standard InChI is InChI=1S/C10H15NO2/c1-4-9(10(12)13)8(6-11)5-7(2)3/h7H,4-5H2,1-3H3,(H,12,13). The molecule has 0 saturated carbocycles. The summed E-state index contributed by atoms with van der Waals surface area (Å²) in [6.45, 7) is 5.68. The first-order valence-corrected chi connectivity index (χ1v) is 4.38. The fraction of sp³-hybridized carbons (Fsp3) is 0.600. The lowest BCUT2D eigenvalue weighted by Gasteiger charge is -2.06. The summed E-state index contributed by atoms with van der Waals surface area (Å²) in [5.74, 6) is -0.657. The van der Waals surface area contributed by atoms with Crippen LogP contribution in [0.25, 0.3) is 0 Å². The van der Waals surface area contributed by atoms with E-state index in [1.165, 1.54) is 0 Å². The fourth-order valence-electron chi connectivity index (χ4n) is 1.14. The molecule has 0 unspecified atom stereocenters. The topological polar surface area (TPSA) is 61.1 Å². The van der Waals surface area contributed by atoms with E-state index < -0.39 is 5.97 Å². The maximum atomic E-state index is 10.7. The predicted molar refractivity (Wildman–Crippen MR) is 50.0 cm³/mol. The van der Waals surface area contributed by atoms with Crippen LogP contribution >= 0.6 is 0 Å². The number of allylic oxidation sites excluding steroid dienone is 1. The molecule has 0 spiro atoms. The van der Waals surface area contributed by atoms with Crippen molar-refractivity contribution in [1.82, 2.24) is 0 Å². The summed E-state index contributed by atoms with van der Waals surface area (Å²) in [6, 6.07) is 1.96. The summed E-state index contributed by atoms with van der Waals surface area (Å²) < 4.78 is 0. The van der Waals surface area contributed by atoms with Gasteiger partial charge in [0.2, 0.25) is 0 Å². The van der Waals surface area contributed by atoms with E-state index in [2.05, 4.69) is 0 Å². The summed E-state index contributed by atoms with van der Waals surface area (Å²) in [5, 5.41) is 17.5. The van der Waals surface area contributed by atoms with Gasteiger partial charge in [-0.25, -0.2) is 4.79 Å². The summed E-state index contributed by atoms with van der Waals surface area (Å²) in [5.41, 5.74) is 0.654. The summed E-state index contributed by atoms with van der Waals surface area (Å²) >= 11 is 0. The van der Waals surface area contributed by atoms with Crippen LogP contribution in [-0.2, 0) is 4.79 Å². The van der Waals surface area contributed by atoms with Crippen molar-refractivity contribution >= 4 is 5.97 Å². The van der Waals surface area contributed by atoms with Crippen molar-refractivity contribution in [3.63, 3.8) is 0 Å². The van der Waals surface area contributed by atoms with Gasteiger partial charge in [-0.3, -0.25) is 0 Å². The van der Waals surface area contributed by atoms with Gasteiger partial charge in [-0.2, -0.15) is 5.26 Å². The minimum absolute atomic E-state index is 0.246. The van der Waals surface area contributed by atoms with E-state index in [-0.39, 0.29) is 5.57 Å². The molecule has 72 valence electrons. The van der Waals surface area contributed by atoms with Crippen LogP contribution in [0.15, 0.2) is 11.1 Å². The highest BCUT2D eigenvalue weighted by atomic mass is 16.4. The van der Waals surface area contributed by atoms with Crippen molar-refractivity contribution in [2.75, 3.05) is 0 Å². The molecule has 0 bridgehead atoms. The Morgan fingerprint density at radius 2 is 2.08 bits per heavy atom. The molecule has 0 saturated heterocycles. The molecular weight excluding hydrogens is 166 g/mol. The summed E-state index contributed by atoms with van der Waals surface area (Å²) in [4.78, 5) is 10.7. The van der Waals surface area contributed by atoms with Crippen LogP contribution in [0.2, 0.25) is 0 Å². The first-order chi connectivity index (χ1) is 6.02. The minimum Gasteiger partial charge on any atom is -0.478 e. The number of hydrogen-bond acceptors (Lipinski definition) is 2. The molecule has 0 aliphatic heterocycles. The van der Waals surface area contributed by atoms with Gasteiger partial charge in [0, 0.05) is 5.57 Å². The molecule has 13 heavy (non-hydrogen) atoms. The number of rotatable bonds is 4. The molecule has 0 aromatic carbocycles. The van der Waals surface area contributed by atoms with Crippen LogP contribution in [0.5, 0.6) is 0 Å². The van der Waals surface area contributed by atoms with Crippen LogP contribution in [-0.4, -0.2) is 11.1 Å². The maximum Gasteiger partial charge on any atom is 0.332 e. The minimum atomic E-state index is -0.972. The van der Waals surface area contributed by atoms with E-state index in [1.807, 2.05) is 19.9 Å². The highest BCUT2D eigenvalue weighted by molar-refractivity contribution is 5.88. The van der Waals surface area contributed by atoms with Crippen molar-refractivity contribution in [2.24, 2.45) is 5.92 Å². The second kappa shape index (κ2) is 5.36. The third-order valence-electron chi connectivity index (χ3n) is 1.72. The van der Waals surface area contributed by atoms with Crippen LogP contribution in [0, 0.1) is 17.2 Å². The molecule has 0 aliphatic carbocycles. The number of carboxylic acids is 1. The molecule has 0 radical (unpaired) electrons. The molecule has 0 aromatic heterocycles. The highest BCUT2D eigenvalue weighted by Gasteiger charge is 2.12. The molecule has 1 N–H and O–H groups in total. The van der Waals surface area contributed by atoms with Crippen LogP contribution in [0.3, 0.4) is 0 Å². The van der Waals surface area contributed by atoms with Gasteiger partial charge in [-0.1, -0.05) is 20.8 Å². The molecule has 0 aromatic rings. The predicted octanol–water partition coefficient (Wildman–Crippen LogP) is 2.35. The Hall–Kier alpha value is -1.30. The Labute approximate surface area is 78.7 Å². The van der Waals surface area contributed by atoms with Crippen molar-refractivity contribution < 1.29 is 9.90 Å². The lowest BCUT2D eigenvalue weighted by atomic mass is 9.98. The molecule has 0 fully saturated rings. The molecule has 0 atom stereocenters. The monoisotopic (exact) mass is 181 g/mol. The number of nitrogens with zero attached hydrogens (tertiary/aromatic N) is 1. The van der Waals surface area contributed by atoms with Gasteiger partial charge >= 0.3 is 5.97 Å².